The molecule has 0 bridgehead atoms. The monoisotopic (exact) mass is 520 g/mol. The molecule has 0 fully saturated rings. The Kier molecular flexibility index (Phi) is 7.08. The molecule has 9 heteroatoms. The fourth-order valence-electron chi connectivity index (χ4n) is 5.06. The van der Waals surface area contributed by atoms with Crippen molar-refractivity contribution in [3.05, 3.63) is 89.6 Å². The third kappa shape index (κ3) is 4.84. The van der Waals surface area contributed by atoms with E-state index in [1.165, 1.54) is 11.1 Å². The molecule has 3 aromatic heterocycles. The van der Waals surface area contributed by atoms with Crippen molar-refractivity contribution in [3.63, 3.8) is 0 Å². The molecule has 9 nitrogen and oxygen atoms in total. The van der Waals surface area contributed by atoms with E-state index >= 15 is 0 Å². The van der Waals surface area contributed by atoms with E-state index in [-0.39, 0.29) is 5.48 Å². The molecule has 0 unspecified atom stereocenters. The van der Waals surface area contributed by atoms with Gasteiger partial charge in [0.05, 0.1) is 16.7 Å². The summed E-state index contributed by atoms with van der Waals surface area (Å²) in [6.45, 7) is 7.13. The van der Waals surface area contributed by atoms with Crippen LogP contribution in [0.1, 0.15) is 36.1 Å². The number of aromatic amines is 1. The number of aryl methyl sites for hydroxylation is 4. The zero-order valence-electron chi connectivity index (χ0n) is 22.6. The van der Waals surface area contributed by atoms with Gasteiger partial charge in [-0.2, -0.15) is 0 Å². The Morgan fingerprint density at radius 2 is 1.67 bits per heavy atom. The molecule has 39 heavy (non-hydrogen) atoms. The van der Waals surface area contributed by atoms with Gasteiger partial charge in [-0.05, 0) is 65.1 Å². The first-order valence-electron chi connectivity index (χ1n) is 12.9. The quantitative estimate of drug-likeness (QED) is 0.315. The van der Waals surface area contributed by atoms with Crippen LogP contribution in [0, 0.1) is 13.8 Å². The number of rotatable bonds is 7. The number of hydrogen-bond acceptors (Lipinski definition) is 5. The molecular formula is C30H32N8O. The van der Waals surface area contributed by atoms with Crippen LogP contribution in [-0.4, -0.2) is 45.2 Å². The van der Waals surface area contributed by atoms with E-state index in [2.05, 4.69) is 92.3 Å². The second-order valence-electron chi connectivity index (χ2n) is 9.80. The summed E-state index contributed by atoms with van der Waals surface area (Å²) >= 11 is 0. The Bertz CT molecular complexity index is 1710. The van der Waals surface area contributed by atoms with Crippen molar-refractivity contribution in [2.45, 2.75) is 40.2 Å². The van der Waals surface area contributed by atoms with Crippen molar-refractivity contribution in [1.82, 2.24) is 39.7 Å². The van der Waals surface area contributed by atoms with Crippen LogP contribution in [0.25, 0.3) is 44.8 Å². The second kappa shape index (κ2) is 10.6. The number of nitrogens with one attached hydrogen (secondary N) is 1. The van der Waals surface area contributed by atoms with Gasteiger partial charge >= 0.3 is 0 Å². The molecule has 0 amide bonds. The summed E-state index contributed by atoms with van der Waals surface area (Å²) in [7, 11) is 2.03. The molecule has 3 aromatic carbocycles. The maximum Gasteiger partial charge on any atom is 0.180 e. The zero-order chi connectivity index (χ0) is 26.2. The third-order valence-electron chi connectivity index (χ3n) is 7.13. The fraction of sp³-hybridized carbons (Fsp3) is 0.233. The normalized spacial score (nSPS) is 11.2. The molecule has 3 N–H and O–H groups in total. The molecule has 0 radical (unpaired) electrons. The third-order valence-corrected chi connectivity index (χ3v) is 7.13. The smallest absolute Gasteiger partial charge is 0.180 e. The lowest BCUT2D eigenvalue weighted by molar-refractivity contribution is 0.722. The molecule has 0 atom stereocenters. The fourth-order valence-corrected chi connectivity index (χ4v) is 5.06. The molecule has 0 aliphatic rings. The van der Waals surface area contributed by atoms with E-state index in [0.717, 1.165) is 70.0 Å². The Hall–Kier alpha value is -4.63. The predicted octanol–water partition coefficient (Wildman–Crippen LogP) is 5.08. The summed E-state index contributed by atoms with van der Waals surface area (Å²) in [5, 5.41) is 14.5. The van der Waals surface area contributed by atoms with Crippen LogP contribution in [0.4, 0.5) is 0 Å². The van der Waals surface area contributed by atoms with Crippen LogP contribution in [0.2, 0.25) is 0 Å². The first kappa shape index (κ1) is 26.0. The highest BCUT2D eigenvalue weighted by atomic mass is 16.0. The zero-order valence-corrected chi connectivity index (χ0v) is 22.6. The van der Waals surface area contributed by atoms with Crippen LogP contribution in [-0.2, 0) is 20.0 Å². The molecule has 0 saturated heterocycles. The Labute approximate surface area is 226 Å². The highest BCUT2D eigenvalue weighted by molar-refractivity contribution is 5.85. The number of aromatic nitrogens is 8. The van der Waals surface area contributed by atoms with E-state index in [1.54, 1.807) is 0 Å². The van der Waals surface area contributed by atoms with Gasteiger partial charge < -0.3 is 14.6 Å². The number of hydrogen-bond donors (Lipinski definition) is 1. The minimum absolute atomic E-state index is 0. The van der Waals surface area contributed by atoms with Gasteiger partial charge in [0.1, 0.15) is 11.6 Å². The minimum Gasteiger partial charge on any atom is -0.412 e. The largest absolute Gasteiger partial charge is 0.412 e. The van der Waals surface area contributed by atoms with Gasteiger partial charge in [0, 0.05) is 37.3 Å². The summed E-state index contributed by atoms with van der Waals surface area (Å²) < 4.78 is 4.43. The molecule has 0 spiro atoms. The molecule has 0 aliphatic carbocycles. The van der Waals surface area contributed by atoms with Gasteiger partial charge in [-0.25, -0.2) is 15.1 Å². The summed E-state index contributed by atoms with van der Waals surface area (Å²) in [6.07, 6.45) is 4.07. The maximum atomic E-state index is 5.08. The van der Waals surface area contributed by atoms with Crippen LogP contribution < -0.4 is 0 Å². The standard InChI is InChI=1S/C30H30N8.H2O/c1-5-8-28-32-29-19(2)15-23(26-18-37(4)20(3)31-26)16-27(29)38(28)17-21-11-13-22(14-12-21)24-9-6-7-10-25(24)30-33-35-36-34-30;/h6-7,9-16,18H,5,8,17H2,1-4H3,(H,33,34,35,36);1H2. The number of tetrazole rings is 1. The maximum absolute atomic E-state index is 5.08. The van der Waals surface area contributed by atoms with E-state index in [4.69, 9.17) is 9.97 Å². The number of H-pyrrole nitrogens is 1. The average Bonchev–Trinajstić information content (AvgIpc) is 3.66. The summed E-state index contributed by atoms with van der Waals surface area (Å²) in [4.78, 5) is 9.84. The van der Waals surface area contributed by atoms with Gasteiger partial charge in [-0.15, -0.1) is 5.10 Å². The molecule has 3 heterocycles. The van der Waals surface area contributed by atoms with Crippen molar-refractivity contribution in [2.75, 3.05) is 0 Å². The molecular weight excluding hydrogens is 488 g/mol. The Morgan fingerprint density at radius 3 is 2.33 bits per heavy atom. The summed E-state index contributed by atoms with van der Waals surface area (Å²) in [6, 6.07) is 21.3. The number of nitrogens with zero attached hydrogens (tertiary/aromatic N) is 7. The number of imidazole rings is 2. The van der Waals surface area contributed by atoms with Crippen molar-refractivity contribution in [3.8, 4) is 33.8 Å². The Morgan fingerprint density at radius 1 is 0.897 bits per heavy atom. The second-order valence-corrected chi connectivity index (χ2v) is 9.80. The van der Waals surface area contributed by atoms with Crippen molar-refractivity contribution in [1.29, 1.82) is 0 Å². The predicted molar refractivity (Wildman–Crippen MR) is 153 cm³/mol. The van der Waals surface area contributed by atoms with Crippen molar-refractivity contribution in [2.24, 2.45) is 7.05 Å². The average molecular weight is 521 g/mol. The summed E-state index contributed by atoms with van der Waals surface area (Å²) in [5.74, 6) is 2.78. The van der Waals surface area contributed by atoms with Gasteiger partial charge in [-0.1, -0.05) is 55.5 Å². The van der Waals surface area contributed by atoms with Gasteiger partial charge in [0.25, 0.3) is 0 Å². The SMILES string of the molecule is CCCc1nc2c(C)cc(-c3cn(C)c(C)n3)cc2n1Cc1ccc(-c2ccccc2-c2nnn[nH]2)cc1.O. The van der Waals surface area contributed by atoms with Crippen molar-refractivity contribution < 1.29 is 5.48 Å². The van der Waals surface area contributed by atoms with Crippen LogP contribution in [0.5, 0.6) is 0 Å². The van der Waals surface area contributed by atoms with Gasteiger partial charge in [0.15, 0.2) is 5.82 Å². The van der Waals surface area contributed by atoms with Crippen molar-refractivity contribution >= 4 is 11.0 Å². The number of fused-ring (bicyclic) bond motifs is 1. The first-order chi connectivity index (χ1) is 18.5. The minimum atomic E-state index is 0. The molecule has 198 valence electrons. The van der Waals surface area contributed by atoms with Crippen LogP contribution in [0.3, 0.4) is 0 Å². The van der Waals surface area contributed by atoms with Crippen LogP contribution >= 0.6 is 0 Å². The van der Waals surface area contributed by atoms with Gasteiger partial charge in [0.2, 0.25) is 0 Å². The van der Waals surface area contributed by atoms with E-state index < -0.39 is 0 Å². The Balaban J connectivity index is 0.00000308. The summed E-state index contributed by atoms with van der Waals surface area (Å²) in [5.41, 5.74) is 9.91. The van der Waals surface area contributed by atoms with Crippen LogP contribution in [0.15, 0.2) is 66.9 Å². The highest BCUT2D eigenvalue weighted by Crippen LogP contribution is 2.31. The molecule has 6 rings (SSSR count). The lowest BCUT2D eigenvalue weighted by atomic mass is 9.98. The lowest BCUT2D eigenvalue weighted by Crippen LogP contribution is -2.05. The highest BCUT2D eigenvalue weighted by Gasteiger charge is 2.16. The molecule has 6 aromatic rings. The van der Waals surface area contributed by atoms with E-state index in [1.807, 2.05) is 32.2 Å². The first-order valence-corrected chi connectivity index (χ1v) is 12.9. The molecule has 0 saturated carbocycles. The molecule has 0 aliphatic heterocycles. The lowest BCUT2D eigenvalue weighted by Gasteiger charge is -2.12. The number of benzene rings is 3. The topological polar surface area (TPSA) is 122 Å². The van der Waals surface area contributed by atoms with Gasteiger partial charge in [-0.3, -0.25) is 0 Å². The van der Waals surface area contributed by atoms with E-state index in [0.29, 0.717) is 5.82 Å². The van der Waals surface area contributed by atoms with E-state index in [9.17, 15) is 0 Å².